The first-order valence-electron chi connectivity index (χ1n) is 8.44. The van der Waals surface area contributed by atoms with E-state index in [2.05, 4.69) is 4.98 Å². The number of anilines is 1. The SMILES string of the molecule is O=C(O)N(c1ccccn1)C(CC1CCCC1)c1ccc(Cl)c(Cl)c1. The molecule has 1 aromatic heterocycles. The van der Waals surface area contributed by atoms with Crippen LogP contribution in [0.25, 0.3) is 0 Å². The molecule has 0 aliphatic heterocycles. The van der Waals surface area contributed by atoms with Crippen LogP contribution in [0.2, 0.25) is 10.0 Å². The average molecular weight is 379 g/mol. The van der Waals surface area contributed by atoms with Crippen molar-refractivity contribution in [2.24, 2.45) is 5.92 Å². The van der Waals surface area contributed by atoms with E-state index in [9.17, 15) is 9.90 Å². The number of amides is 1. The Hall–Kier alpha value is -1.78. The van der Waals surface area contributed by atoms with E-state index in [0.29, 0.717) is 21.8 Å². The monoisotopic (exact) mass is 378 g/mol. The molecule has 1 atom stereocenters. The van der Waals surface area contributed by atoms with Crippen LogP contribution in [0.5, 0.6) is 0 Å². The number of aromatic nitrogens is 1. The van der Waals surface area contributed by atoms with Gasteiger partial charge in [0.25, 0.3) is 0 Å². The summed E-state index contributed by atoms with van der Waals surface area (Å²) < 4.78 is 0. The van der Waals surface area contributed by atoms with Crippen LogP contribution in [-0.4, -0.2) is 16.2 Å². The van der Waals surface area contributed by atoms with Gasteiger partial charge in [0.05, 0.1) is 16.1 Å². The van der Waals surface area contributed by atoms with Gasteiger partial charge in [0, 0.05) is 6.20 Å². The van der Waals surface area contributed by atoms with E-state index in [-0.39, 0.29) is 6.04 Å². The molecule has 0 radical (unpaired) electrons. The molecule has 1 N–H and O–H groups in total. The molecule has 3 rings (SSSR count). The van der Waals surface area contributed by atoms with Crippen LogP contribution in [0.3, 0.4) is 0 Å². The van der Waals surface area contributed by atoms with Crippen LogP contribution in [0.4, 0.5) is 10.6 Å². The molecule has 2 aromatic rings. The van der Waals surface area contributed by atoms with Gasteiger partial charge >= 0.3 is 6.09 Å². The third-order valence-electron chi connectivity index (χ3n) is 4.77. The van der Waals surface area contributed by atoms with Gasteiger partial charge in [-0.15, -0.1) is 0 Å². The van der Waals surface area contributed by atoms with Gasteiger partial charge in [-0.3, -0.25) is 4.90 Å². The quantitative estimate of drug-likeness (QED) is 0.673. The smallest absolute Gasteiger partial charge is 0.413 e. The van der Waals surface area contributed by atoms with Crippen LogP contribution in [0.1, 0.15) is 43.7 Å². The second-order valence-corrected chi connectivity index (χ2v) is 7.23. The first-order chi connectivity index (χ1) is 12.1. The summed E-state index contributed by atoms with van der Waals surface area (Å²) in [6.45, 7) is 0. The van der Waals surface area contributed by atoms with Gasteiger partial charge in [0.15, 0.2) is 0 Å². The summed E-state index contributed by atoms with van der Waals surface area (Å²) in [6.07, 6.45) is 6.01. The second-order valence-electron chi connectivity index (χ2n) is 6.42. The molecule has 0 saturated heterocycles. The Labute approximate surface area is 157 Å². The highest BCUT2D eigenvalue weighted by Gasteiger charge is 2.31. The van der Waals surface area contributed by atoms with E-state index in [1.54, 1.807) is 36.5 Å². The number of hydrogen-bond acceptors (Lipinski definition) is 2. The lowest BCUT2D eigenvalue weighted by atomic mass is 9.92. The van der Waals surface area contributed by atoms with Crippen molar-refractivity contribution < 1.29 is 9.90 Å². The molecule has 1 aromatic carbocycles. The Morgan fingerprint density at radius 2 is 1.96 bits per heavy atom. The minimum absolute atomic E-state index is 0.342. The van der Waals surface area contributed by atoms with E-state index < -0.39 is 6.09 Å². The topological polar surface area (TPSA) is 53.4 Å². The maximum atomic E-state index is 12.1. The van der Waals surface area contributed by atoms with Crippen molar-refractivity contribution in [1.29, 1.82) is 0 Å². The molecule has 6 heteroatoms. The number of carboxylic acid groups (broad SMARTS) is 1. The van der Waals surface area contributed by atoms with Gasteiger partial charge in [-0.25, -0.2) is 9.78 Å². The van der Waals surface area contributed by atoms with Crippen molar-refractivity contribution in [2.75, 3.05) is 4.90 Å². The molecule has 25 heavy (non-hydrogen) atoms. The summed E-state index contributed by atoms with van der Waals surface area (Å²) in [5.74, 6) is 0.925. The average Bonchev–Trinajstić information content (AvgIpc) is 3.11. The van der Waals surface area contributed by atoms with Crippen molar-refractivity contribution in [3.63, 3.8) is 0 Å². The summed E-state index contributed by atoms with van der Waals surface area (Å²) in [5.41, 5.74) is 0.842. The highest BCUT2D eigenvalue weighted by atomic mass is 35.5. The van der Waals surface area contributed by atoms with Gasteiger partial charge in [-0.1, -0.05) is 61.0 Å². The van der Waals surface area contributed by atoms with Gasteiger partial charge in [0.2, 0.25) is 0 Å². The Bertz CT molecular complexity index is 733. The number of hydrogen-bond donors (Lipinski definition) is 1. The number of halogens is 2. The fourth-order valence-corrected chi connectivity index (χ4v) is 3.87. The van der Waals surface area contributed by atoms with Crippen LogP contribution in [0, 0.1) is 5.92 Å². The van der Waals surface area contributed by atoms with E-state index in [0.717, 1.165) is 24.8 Å². The maximum Gasteiger partial charge on any atom is 0.413 e. The van der Waals surface area contributed by atoms with Gasteiger partial charge in [-0.05, 0) is 42.2 Å². The van der Waals surface area contributed by atoms with Crippen LogP contribution in [-0.2, 0) is 0 Å². The maximum absolute atomic E-state index is 12.1. The summed E-state index contributed by atoms with van der Waals surface area (Å²) >= 11 is 12.2. The minimum atomic E-state index is -1.02. The first kappa shape index (κ1) is 18.0. The molecule has 1 unspecified atom stereocenters. The van der Waals surface area contributed by atoms with Crippen molar-refractivity contribution in [2.45, 2.75) is 38.1 Å². The number of pyridine rings is 1. The standard InChI is InChI=1S/C19H20Cl2N2O2/c20-15-9-8-14(12-16(15)21)17(11-13-5-1-2-6-13)23(19(24)25)18-7-3-4-10-22-18/h3-4,7-10,12-13,17H,1-2,5-6,11H2,(H,24,25). The molecular weight excluding hydrogens is 359 g/mol. The highest BCUT2D eigenvalue weighted by Crippen LogP contribution is 2.39. The van der Waals surface area contributed by atoms with E-state index in [1.807, 2.05) is 6.07 Å². The lowest BCUT2D eigenvalue weighted by Gasteiger charge is -2.31. The third-order valence-corrected chi connectivity index (χ3v) is 5.51. The van der Waals surface area contributed by atoms with Crippen molar-refractivity contribution >= 4 is 35.1 Å². The predicted octanol–water partition coefficient (Wildman–Crippen LogP) is 6.19. The summed E-state index contributed by atoms with van der Waals surface area (Å²) in [5, 5.41) is 10.8. The zero-order chi connectivity index (χ0) is 17.8. The highest BCUT2D eigenvalue weighted by molar-refractivity contribution is 6.42. The van der Waals surface area contributed by atoms with Crippen molar-refractivity contribution in [1.82, 2.24) is 4.98 Å². The summed E-state index contributed by atoms with van der Waals surface area (Å²) in [6, 6.07) is 10.3. The van der Waals surface area contributed by atoms with Crippen LogP contribution in [0.15, 0.2) is 42.6 Å². The minimum Gasteiger partial charge on any atom is -0.465 e. The lowest BCUT2D eigenvalue weighted by molar-refractivity contribution is 0.197. The number of benzene rings is 1. The molecule has 4 nitrogen and oxygen atoms in total. The van der Waals surface area contributed by atoms with Crippen LogP contribution < -0.4 is 4.90 Å². The second kappa shape index (κ2) is 8.07. The predicted molar refractivity (Wildman–Crippen MR) is 101 cm³/mol. The normalized spacial score (nSPS) is 15.9. The molecule has 1 saturated carbocycles. The van der Waals surface area contributed by atoms with E-state index in [1.165, 1.54) is 17.7 Å². The number of rotatable bonds is 5. The molecule has 1 aliphatic rings. The third kappa shape index (κ3) is 4.25. The molecule has 132 valence electrons. The Balaban J connectivity index is 2.01. The Kier molecular flexibility index (Phi) is 5.82. The molecule has 0 spiro atoms. The largest absolute Gasteiger partial charge is 0.465 e. The molecule has 0 bridgehead atoms. The van der Waals surface area contributed by atoms with Gasteiger partial charge in [-0.2, -0.15) is 0 Å². The molecule has 1 aliphatic carbocycles. The fraction of sp³-hybridized carbons (Fsp3) is 0.368. The van der Waals surface area contributed by atoms with Crippen LogP contribution >= 0.6 is 23.2 Å². The summed E-state index contributed by atoms with van der Waals surface area (Å²) in [7, 11) is 0. The number of carbonyl (C=O) groups is 1. The van der Waals surface area contributed by atoms with Gasteiger partial charge in [0.1, 0.15) is 5.82 Å². The first-order valence-corrected chi connectivity index (χ1v) is 9.20. The molecule has 1 fully saturated rings. The number of nitrogens with zero attached hydrogens (tertiary/aromatic N) is 2. The zero-order valence-corrected chi connectivity index (χ0v) is 15.2. The van der Waals surface area contributed by atoms with E-state index in [4.69, 9.17) is 23.2 Å². The Morgan fingerprint density at radius 1 is 1.20 bits per heavy atom. The van der Waals surface area contributed by atoms with Crippen molar-refractivity contribution in [3.05, 3.63) is 58.2 Å². The molecule has 1 heterocycles. The Morgan fingerprint density at radius 3 is 2.56 bits per heavy atom. The van der Waals surface area contributed by atoms with Crippen molar-refractivity contribution in [3.8, 4) is 0 Å². The molecular formula is C19H20Cl2N2O2. The summed E-state index contributed by atoms with van der Waals surface area (Å²) in [4.78, 5) is 17.7. The van der Waals surface area contributed by atoms with E-state index >= 15 is 0 Å². The molecule has 1 amide bonds. The zero-order valence-electron chi connectivity index (χ0n) is 13.7. The fourth-order valence-electron chi connectivity index (χ4n) is 3.56. The lowest BCUT2D eigenvalue weighted by Crippen LogP contribution is -2.35. The van der Waals surface area contributed by atoms with Gasteiger partial charge < -0.3 is 5.11 Å².